The van der Waals surface area contributed by atoms with E-state index in [1.807, 2.05) is 48.5 Å². The number of nitrogens with zero attached hydrogens (tertiary/aromatic N) is 4. The summed E-state index contributed by atoms with van der Waals surface area (Å²) in [6.45, 7) is 2.88. The van der Waals surface area contributed by atoms with Gasteiger partial charge in [0, 0.05) is 17.8 Å². The molecule has 206 valence electrons. The third-order valence-corrected chi connectivity index (χ3v) is 7.69. The predicted octanol–water partition coefficient (Wildman–Crippen LogP) is 4.60. The third-order valence-electron chi connectivity index (χ3n) is 7.69. The van der Waals surface area contributed by atoms with Gasteiger partial charge in [-0.1, -0.05) is 61.4 Å². The van der Waals surface area contributed by atoms with Gasteiger partial charge in [-0.25, -0.2) is 4.68 Å². The maximum atomic E-state index is 14.3. The van der Waals surface area contributed by atoms with Gasteiger partial charge in [0.15, 0.2) is 11.5 Å². The summed E-state index contributed by atoms with van der Waals surface area (Å²) in [5, 5.41) is 11.7. The van der Waals surface area contributed by atoms with Crippen molar-refractivity contribution in [1.82, 2.24) is 20.3 Å². The Kier molecular flexibility index (Phi) is 7.35. The fraction of sp³-hybridized carbons (Fsp3) is 0.355. The topological polar surface area (TPSA) is 98.6 Å². The van der Waals surface area contributed by atoms with Gasteiger partial charge >= 0.3 is 0 Å². The molecule has 2 heterocycles. The predicted molar refractivity (Wildman–Crippen MR) is 151 cm³/mol. The maximum absolute atomic E-state index is 14.3. The minimum atomic E-state index is -0.892. The van der Waals surface area contributed by atoms with E-state index >= 15 is 0 Å². The van der Waals surface area contributed by atoms with Crippen molar-refractivity contribution >= 4 is 28.5 Å². The lowest BCUT2D eigenvalue weighted by Crippen LogP contribution is -2.47. The molecular weight excluding hydrogens is 506 g/mol. The number of hydrogen-bond acceptors (Lipinski definition) is 6. The summed E-state index contributed by atoms with van der Waals surface area (Å²) in [7, 11) is 0. The van der Waals surface area contributed by atoms with Gasteiger partial charge in [-0.2, -0.15) is 0 Å². The van der Waals surface area contributed by atoms with Crippen LogP contribution in [0.1, 0.15) is 49.8 Å². The molecule has 0 saturated heterocycles. The lowest BCUT2D eigenvalue weighted by atomic mass is 10.00. The molecule has 0 spiro atoms. The monoisotopic (exact) mass is 539 g/mol. The first-order valence-electron chi connectivity index (χ1n) is 14.0. The van der Waals surface area contributed by atoms with Crippen LogP contribution in [0.4, 0.5) is 5.69 Å². The van der Waals surface area contributed by atoms with Crippen LogP contribution >= 0.6 is 0 Å². The highest BCUT2D eigenvalue weighted by Gasteiger charge is 2.35. The van der Waals surface area contributed by atoms with Gasteiger partial charge in [-0.05, 0) is 54.7 Å². The summed E-state index contributed by atoms with van der Waals surface area (Å²) in [6, 6.07) is 20.0. The van der Waals surface area contributed by atoms with Crippen LogP contribution in [0.25, 0.3) is 11.0 Å². The number of aromatic nitrogens is 3. The highest BCUT2D eigenvalue weighted by atomic mass is 16.6. The van der Waals surface area contributed by atoms with Crippen molar-refractivity contribution in [3.8, 4) is 11.5 Å². The standard InChI is InChI=1S/C31H33N5O4/c1-2-21-11-13-22(14-12-21)30(31(38)32-23-7-3-4-8-23)36(24-15-16-27-28(19-24)40-18-17-39-27)29(37)20-35-26-10-6-5-9-25(26)33-34-35/h5-6,9-16,19,23,30H,2-4,7-8,17-18,20H2,1H3,(H,32,38)/t30-/m0/s1. The number of carbonyl (C=O) groups is 2. The number of aryl methyl sites for hydroxylation is 1. The van der Waals surface area contributed by atoms with Gasteiger partial charge in [0.2, 0.25) is 11.8 Å². The number of nitrogens with one attached hydrogen (secondary N) is 1. The average Bonchev–Trinajstić information content (AvgIpc) is 3.66. The molecule has 2 aliphatic rings. The van der Waals surface area contributed by atoms with E-state index in [4.69, 9.17) is 9.47 Å². The third kappa shape index (κ3) is 5.23. The Hall–Kier alpha value is -4.40. The minimum Gasteiger partial charge on any atom is -0.486 e. The zero-order valence-electron chi connectivity index (χ0n) is 22.6. The zero-order chi connectivity index (χ0) is 27.5. The van der Waals surface area contributed by atoms with Crippen molar-refractivity contribution in [3.63, 3.8) is 0 Å². The van der Waals surface area contributed by atoms with Crippen molar-refractivity contribution in [2.45, 2.75) is 57.7 Å². The molecule has 9 heteroatoms. The summed E-state index contributed by atoms with van der Waals surface area (Å²) in [6.07, 6.45) is 4.94. The molecule has 0 radical (unpaired) electrons. The first-order valence-corrected chi connectivity index (χ1v) is 14.0. The molecule has 1 aliphatic heterocycles. The highest BCUT2D eigenvalue weighted by molar-refractivity contribution is 6.02. The molecule has 3 aromatic carbocycles. The van der Waals surface area contributed by atoms with E-state index in [2.05, 4.69) is 22.6 Å². The number of hydrogen-bond donors (Lipinski definition) is 1. The van der Waals surface area contributed by atoms with Crippen molar-refractivity contribution in [1.29, 1.82) is 0 Å². The first-order chi connectivity index (χ1) is 19.6. The average molecular weight is 540 g/mol. The van der Waals surface area contributed by atoms with Crippen LogP contribution in [0.2, 0.25) is 0 Å². The Bertz CT molecular complexity index is 1510. The lowest BCUT2D eigenvalue weighted by molar-refractivity contribution is -0.127. The number of carbonyl (C=O) groups excluding carboxylic acids is 2. The molecule has 1 fully saturated rings. The van der Waals surface area contributed by atoms with Gasteiger partial charge in [-0.15, -0.1) is 5.10 Å². The smallest absolute Gasteiger partial charge is 0.249 e. The van der Waals surface area contributed by atoms with E-state index in [0.29, 0.717) is 35.9 Å². The van der Waals surface area contributed by atoms with Crippen LogP contribution in [-0.2, 0) is 22.6 Å². The Morgan fingerprint density at radius 1 is 1.00 bits per heavy atom. The van der Waals surface area contributed by atoms with Crippen molar-refractivity contribution in [2.75, 3.05) is 18.1 Å². The van der Waals surface area contributed by atoms with Crippen LogP contribution in [0.15, 0.2) is 66.7 Å². The van der Waals surface area contributed by atoms with Crippen LogP contribution in [0.5, 0.6) is 11.5 Å². The fourth-order valence-electron chi connectivity index (χ4n) is 5.56. The normalized spacial score (nSPS) is 15.6. The fourth-order valence-corrected chi connectivity index (χ4v) is 5.56. The molecule has 4 aromatic rings. The molecule has 0 unspecified atom stereocenters. The number of rotatable bonds is 8. The van der Waals surface area contributed by atoms with Gasteiger partial charge in [0.1, 0.15) is 31.3 Å². The summed E-state index contributed by atoms with van der Waals surface area (Å²) in [5.41, 5.74) is 3.89. The van der Waals surface area contributed by atoms with E-state index in [0.717, 1.165) is 48.7 Å². The van der Waals surface area contributed by atoms with E-state index in [1.165, 1.54) is 0 Å². The molecular formula is C31H33N5O4. The van der Waals surface area contributed by atoms with Crippen molar-refractivity contribution in [2.24, 2.45) is 0 Å². The van der Waals surface area contributed by atoms with Crippen molar-refractivity contribution < 1.29 is 19.1 Å². The van der Waals surface area contributed by atoms with Gasteiger partial charge in [-0.3, -0.25) is 14.5 Å². The Morgan fingerprint density at radius 3 is 2.52 bits per heavy atom. The molecule has 1 aromatic heterocycles. The minimum absolute atomic E-state index is 0.0881. The van der Waals surface area contributed by atoms with Crippen LogP contribution in [0.3, 0.4) is 0 Å². The number of para-hydroxylation sites is 1. The van der Waals surface area contributed by atoms with Crippen LogP contribution in [-0.4, -0.2) is 46.1 Å². The molecule has 40 heavy (non-hydrogen) atoms. The highest BCUT2D eigenvalue weighted by Crippen LogP contribution is 2.37. The second-order valence-corrected chi connectivity index (χ2v) is 10.3. The van der Waals surface area contributed by atoms with Gasteiger partial charge < -0.3 is 14.8 Å². The molecule has 9 nitrogen and oxygen atoms in total. The Labute approximate surface area is 233 Å². The summed E-state index contributed by atoms with van der Waals surface area (Å²) in [4.78, 5) is 29.9. The molecule has 2 amide bonds. The number of fused-ring (bicyclic) bond motifs is 2. The van der Waals surface area contributed by atoms with E-state index < -0.39 is 6.04 Å². The number of anilines is 1. The van der Waals surface area contributed by atoms with E-state index in [9.17, 15) is 9.59 Å². The molecule has 1 N–H and O–H groups in total. The summed E-state index contributed by atoms with van der Waals surface area (Å²) < 4.78 is 13.2. The van der Waals surface area contributed by atoms with Crippen molar-refractivity contribution in [3.05, 3.63) is 77.9 Å². The van der Waals surface area contributed by atoms with Gasteiger partial charge in [0.05, 0.1) is 5.52 Å². The van der Waals surface area contributed by atoms with E-state index in [1.54, 1.807) is 27.8 Å². The Balaban J connectivity index is 1.43. The molecule has 6 rings (SSSR count). The molecule has 1 atom stereocenters. The van der Waals surface area contributed by atoms with E-state index in [-0.39, 0.29) is 24.4 Å². The van der Waals surface area contributed by atoms with Gasteiger partial charge in [0.25, 0.3) is 0 Å². The van der Waals surface area contributed by atoms with Crippen LogP contribution < -0.4 is 19.7 Å². The molecule has 0 bridgehead atoms. The lowest BCUT2D eigenvalue weighted by Gasteiger charge is -2.33. The Morgan fingerprint density at radius 2 is 1.75 bits per heavy atom. The number of benzene rings is 3. The van der Waals surface area contributed by atoms with Crippen LogP contribution in [0, 0.1) is 0 Å². The quantitative estimate of drug-likeness (QED) is 0.352. The number of amides is 2. The molecule has 1 saturated carbocycles. The maximum Gasteiger partial charge on any atom is 0.249 e. The largest absolute Gasteiger partial charge is 0.486 e. The SMILES string of the molecule is CCc1ccc([C@@H](C(=O)NC2CCCC2)N(C(=O)Cn2nnc3ccccc32)c2ccc3c(c2)OCCO3)cc1. The first kappa shape index (κ1) is 25.9. The second kappa shape index (κ2) is 11.4. The summed E-state index contributed by atoms with van der Waals surface area (Å²) in [5.74, 6) is 0.661. The summed E-state index contributed by atoms with van der Waals surface area (Å²) >= 11 is 0. The number of ether oxygens (including phenoxy) is 2. The molecule has 1 aliphatic carbocycles. The second-order valence-electron chi connectivity index (χ2n) is 10.3. The zero-order valence-corrected chi connectivity index (χ0v) is 22.6.